The lowest BCUT2D eigenvalue weighted by Crippen LogP contribution is -2.33. The van der Waals surface area contributed by atoms with Gasteiger partial charge in [-0.1, -0.05) is 0 Å². The molecule has 0 bridgehead atoms. The number of rotatable bonds is 6. The van der Waals surface area contributed by atoms with Crippen LogP contribution in [0, 0.1) is 0 Å². The van der Waals surface area contributed by atoms with Gasteiger partial charge in [0.2, 0.25) is 5.91 Å². The van der Waals surface area contributed by atoms with Gasteiger partial charge in [0.1, 0.15) is 5.00 Å². The molecule has 1 fully saturated rings. The number of carbonyl (C=O) groups is 2. The highest BCUT2D eigenvalue weighted by Gasteiger charge is 2.29. The van der Waals surface area contributed by atoms with Gasteiger partial charge < -0.3 is 14.6 Å². The molecule has 1 N–H and O–H groups in total. The quantitative estimate of drug-likeness (QED) is 0.803. The fourth-order valence-electron chi connectivity index (χ4n) is 3.30. The number of ether oxygens (including phenoxy) is 1. The number of esters is 1. The Morgan fingerprint density at radius 3 is 2.96 bits per heavy atom. The number of nitrogens with one attached hydrogen (secondary N) is 1. The second kappa shape index (κ2) is 7.84. The van der Waals surface area contributed by atoms with E-state index in [1.807, 2.05) is 19.3 Å². The molecule has 0 spiro atoms. The summed E-state index contributed by atoms with van der Waals surface area (Å²) in [5, 5.41) is 5.20. The van der Waals surface area contributed by atoms with Crippen molar-refractivity contribution in [2.75, 3.05) is 25.0 Å². The fraction of sp³-hybridized carbons (Fsp3) is 0.444. The topological polar surface area (TPSA) is 63.6 Å². The number of aryl methyl sites for hydroxylation is 1. The highest BCUT2D eigenvalue weighted by atomic mass is 32.1. The number of anilines is 1. The Kier molecular flexibility index (Phi) is 5.55. The minimum absolute atomic E-state index is 0.103. The number of aromatic nitrogens is 1. The number of nitrogens with zero attached hydrogens (tertiary/aromatic N) is 2. The standard InChI is InChI=1S/C18H23N3O3S/c1-3-24-18(23)13-8-11-25-17(13)19-16(22)12-21-10-5-7-15(21)14-6-4-9-20(14)2/h4,6,8-9,11,15H,3,5,7,10,12H2,1-2H3,(H,19,22)/t15-/m0/s1. The number of thiophene rings is 1. The fourth-order valence-corrected chi connectivity index (χ4v) is 4.09. The lowest BCUT2D eigenvalue weighted by molar-refractivity contribution is -0.117. The first-order valence-corrected chi connectivity index (χ1v) is 9.38. The van der Waals surface area contributed by atoms with Crippen LogP contribution in [-0.4, -0.2) is 41.0 Å². The van der Waals surface area contributed by atoms with Crippen LogP contribution in [0.15, 0.2) is 29.8 Å². The van der Waals surface area contributed by atoms with Crippen molar-refractivity contribution in [2.24, 2.45) is 7.05 Å². The zero-order chi connectivity index (χ0) is 17.8. The summed E-state index contributed by atoms with van der Waals surface area (Å²) in [7, 11) is 2.03. The van der Waals surface area contributed by atoms with E-state index < -0.39 is 5.97 Å². The zero-order valence-corrected chi connectivity index (χ0v) is 15.3. The van der Waals surface area contributed by atoms with Gasteiger partial charge in [-0.25, -0.2) is 4.79 Å². The van der Waals surface area contributed by atoms with Crippen LogP contribution in [0.3, 0.4) is 0 Å². The van der Waals surface area contributed by atoms with Crippen molar-refractivity contribution in [3.05, 3.63) is 41.0 Å². The van der Waals surface area contributed by atoms with Gasteiger partial charge in [0.05, 0.1) is 24.8 Å². The van der Waals surface area contributed by atoms with Crippen molar-refractivity contribution >= 4 is 28.2 Å². The van der Waals surface area contributed by atoms with E-state index in [-0.39, 0.29) is 11.9 Å². The minimum Gasteiger partial charge on any atom is -0.462 e. The van der Waals surface area contributed by atoms with E-state index >= 15 is 0 Å². The number of hydrogen-bond acceptors (Lipinski definition) is 5. The lowest BCUT2D eigenvalue weighted by atomic mass is 10.1. The Balaban J connectivity index is 1.64. The Bertz CT molecular complexity index is 752. The molecule has 6 nitrogen and oxygen atoms in total. The van der Waals surface area contributed by atoms with Crippen molar-refractivity contribution in [2.45, 2.75) is 25.8 Å². The smallest absolute Gasteiger partial charge is 0.341 e. The zero-order valence-electron chi connectivity index (χ0n) is 14.5. The van der Waals surface area contributed by atoms with E-state index in [0.29, 0.717) is 23.7 Å². The molecule has 134 valence electrons. The molecule has 1 aliphatic heterocycles. The van der Waals surface area contributed by atoms with Gasteiger partial charge in [0.25, 0.3) is 0 Å². The molecular formula is C18H23N3O3S. The van der Waals surface area contributed by atoms with Gasteiger partial charge in [-0.05, 0) is 49.9 Å². The van der Waals surface area contributed by atoms with Gasteiger partial charge in [-0.15, -0.1) is 11.3 Å². The largest absolute Gasteiger partial charge is 0.462 e. The summed E-state index contributed by atoms with van der Waals surface area (Å²) >= 11 is 1.34. The van der Waals surface area contributed by atoms with Crippen LogP contribution in [0.5, 0.6) is 0 Å². The summed E-state index contributed by atoms with van der Waals surface area (Å²) in [6, 6.07) is 6.09. The number of likely N-dealkylation sites (tertiary alicyclic amines) is 1. The van der Waals surface area contributed by atoms with Crippen LogP contribution < -0.4 is 5.32 Å². The summed E-state index contributed by atoms with van der Waals surface area (Å²) in [5.74, 6) is -0.504. The van der Waals surface area contributed by atoms with E-state index in [4.69, 9.17) is 4.74 Å². The molecular weight excluding hydrogens is 338 g/mol. The molecule has 0 aromatic carbocycles. The Hall–Kier alpha value is -2.12. The van der Waals surface area contributed by atoms with E-state index in [9.17, 15) is 9.59 Å². The third-order valence-corrected chi connectivity index (χ3v) is 5.28. The van der Waals surface area contributed by atoms with Gasteiger partial charge in [-0.3, -0.25) is 9.69 Å². The van der Waals surface area contributed by atoms with Crippen molar-refractivity contribution in [1.82, 2.24) is 9.47 Å². The van der Waals surface area contributed by atoms with Gasteiger partial charge >= 0.3 is 5.97 Å². The average molecular weight is 361 g/mol. The third-order valence-electron chi connectivity index (χ3n) is 4.45. The predicted octanol–water partition coefficient (Wildman–Crippen LogP) is 3.04. The predicted molar refractivity (Wildman–Crippen MR) is 97.9 cm³/mol. The highest BCUT2D eigenvalue weighted by Crippen LogP contribution is 2.32. The third kappa shape index (κ3) is 3.93. The summed E-state index contributed by atoms with van der Waals surface area (Å²) in [5.41, 5.74) is 1.65. The Labute approximate surface area is 151 Å². The van der Waals surface area contributed by atoms with E-state index in [1.54, 1.807) is 18.4 Å². The molecule has 2 aromatic heterocycles. The molecule has 0 aliphatic carbocycles. The van der Waals surface area contributed by atoms with E-state index in [0.717, 1.165) is 19.4 Å². The van der Waals surface area contributed by atoms with Crippen LogP contribution in [0.25, 0.3) is 0 Å². The van der Waals surface area contributed by atoms with Crippen molar-refractivity contribution in [3.63, 3.8) is 0 Å². The Morgan fingerprint density at radius 1 is 1.40 bits per heavy atom. The first-order chi connectivity index (χ1) is 12.1. The van der Waals surface area contributed by atoms with Crippen LogP contribution >= 0.6 is 11.3 Å². The molecule has 3 rings (SSSR count). The summed E-state index contributed by atoms with van der Waals surface area (Å²) in [4.78, 5) is 26.6. The Morgan fingerprint density at radius 2 is 2.24 bits per heavy atom. The van der Waals surface area contributed by atoms with E-state index in [1.165, 1.54) is 17.0 Å². The summed E-state index contributed by atoms with van der Waals surface area (Å²) < 4.78 is 7.13. The maximum atomic E-state index is 12.5. The normalized spacial score (nSPS) is 17.6. The summed E-state index contributed by atoms with van der Waals surface area (Å²) in [6.07, 6.45) is 4.16. The number of hydrogen-bond donors (Lipinski definition) is 1. The number of amides is 1. The van der Waals surface area contributed by atoms with Gasteiger partial charge in [0, 0.05) is 18.9 Å². The molecule has 7 heteroatoms. The van der Waals surface area contributed by atoms with Crippen molar-refractivity contribution in [1.29, 1.82) is 0 Å². The lowest BCUT2D eigenvalue weighted by Gasteiger charge is -2.24. The van der Waals surface area contributed by atoms with Gasteiger partial charge in [-0.2, -0.15) is 0 Å². The van der Waals surface area contributed by atoms with E-state index in [2.05, 4.69) is 20.9 Å². The molecule has 0 saturated carbocycles. The van der Waals surface area contributed by atoms with Crippen LogP contribution in [0.1, 0.15) is 41.9 Å². The second-order valence-electron chi connectivity index (χ2n) is 6.10. The molecule has 1 aliphatic rings. The maximum absolute atomic E-state index is 12.5. The summed E-state index contributed by atoms with van der Waals surface area (Å²) in [6.45, 7) is 3.29. The number of carbonyl (C=O) groups excluding carboxylic acids is 2. The van der Waals surface area contributed by atoms with Gasteiger partial charge in [0.15, 0.2) is 0 Å². The average Bonchev–Trinajstić information content (AvgIpc) is 3.29. The molecule has 1 saturated heterocycles. The minimum atomic E-state index is -0.401. The molecule has 25 heavy (non-hydrogen) atoms. The monoisotopic (exact) mass is 361 g/mol. The van der Waals surface area contributed by atoms with Crippen LogP contribution in [-0.2, 0) is 16.6 Å². The van der Waals surface area contributed by atoms with Crippen molar-refractivity contribution in [3.8, 4) is 0 Å². The van der Waals surface area contributed by atoms with Crippen LogP contribution in [0.4, 0.5) is 5.00 Å². The highest BCUT2D eigenvalue weighted by molar-refractivity contribution is 7.14. The molecule has 0 unspecified atom stereocenters. The van der Waals surface area contributed by atoms with Crippen LogP contribution in [0.2, 0.25) is 0 Å². The maximum Gasteiger partial charge on any atom is 0.341 e. The first kappa shape index (κ1) is 17.7. The molecule has 1 amide bonds. The molecule has 0 radical (unpaired) electrons. The molecule has 1 atom stereocenters. The molecule has 2 aromatic rings. The SMILES string of the molecule is CCOC(=O)c1ccsc1NC(=O)CN1CCC[C@H]1c1cccn1C. The second-order valence-corrected chi connectivity index (χ2v) is 7.02. The van der Waals surface area contributed by atoms with Crippen molar-refractivity contribution < 1.29 is 14.3 Å². The molecule has 3 heterocycles. The first-order valence-electron chi connectivity index (χ1n) is 8.50.